The maximum Gasteiger partial charge on any atom is 0.234 e. The summed E-state index contributed by atoms with van der Waals surface area (Å²) in [6.07, 6.45) is 1.78. The highest BCUT2D eigenvalue weighted by Crippen LogP contribution is 2.21. The lowest BCUT2D eigenvalue weighted by molar-refractivity contribution is -0.113. The van der Waals surface area contributed by atoms with Crippen LogP contribution in [0, 0.1) is 13.8 Å². The van der Waals surface area contributed by atoms with Gasteiger partial charge in [0.2, 0.25) is 5.91 Å². The number of nitrogens with one attached hydrogen (secondary N) is 1. The number of rotatable bonds is 9. The molecule has 0 radical (unpaired) electrons. The molecule has 0 atom stereocenters. The highest BCUT2D eigenvalue weighted by atomic mass is 32.2. The molecule has 0 aliphatic rings. The summed E-state index contributed by atoms with van der Waals surface area (Å²) in [5.74, 6) is 1.63. The number of hydrogen-bond acceptors (Lipinski definition) is 5. The van der Waals surface area contributed by atoms with E-state index in [9.17, 15) is 4.79 Å². The zero-order valence-corrected chi connectivity index (χ0v) is 17.4. The standard InChI is InChI=1S/C22H24N4O2S/c1-4-10-26-20(14-28-19-12-16(2)11-17(3)13-19)24-25-22(26)29-15-21(27)23-18-8-6-5-7-9-18/h4-9,11-13H,1,10,14-15H2,2-3H3,(H,23,27). The Bertz CT molecular complexity index is 965. The molecule has 0 saturated heterocycles. The molecule has 1 amide bonds. The monoisotopic (exact) mass is 408 g/mol. The molecule has 3 rings (SSSR count). The second-order valence-electron chi connectivity index (χ2n) is 6.61. The van der Waals surface area contributed by atoms with Gasteiger partial charge in [0.25, 0.3) is 0 Å². The molecule has 0 saturated carbocycles. The molecule has 0 bridgehead atoms. The lowest BCUT2D eigenvalue weighted by Gasteiger charge is -2.10. The van der Waals surface area contributed by atoms with Crippen LogP contribution in [-0.2, 0) is 17.9 Å². The number of allylic oxidation sites excluding steroid dienone is 1. The molecule has 0 spiro atoms. The van der Waals surface area contributed by atoms with Gasteiger partial charge in [-0.2, -0.15) is 0 Å². The van der Waals surface area contributed by atoms with Gasteiger partial charge >= 0.3 is 0 Å². The van der Waals surface area contributed by atoms with Gasteiger partial charge in [-0.25, -0.2) is 0 Å². The van der Waals surface area contributed by atoms with E-state index in [-0.39, 0.29) is 11.7 Å². The Labute approximate surface area is 175 Å². The zero-order valence-electron chi connectivity index (χ0n) is 16.6. The minimum atomic E-state index is -0.0950. The van der Waals surface area contributed by atoms with E-state index in [1.807, 2.05) is 60.9 Å². The Morgan fingerprint density at radius 3 is 2.59 bits per heavy atom. The Morgan fingerprint density at radius 2 is 1.90 bits per heavy atom. The fourth-order valence-corrected chi connectivity index (χ4v) is 3.62. The summed E-state index contributed by atoms with van der Waals surface area (Å²) in [6.45, 7) is 8.71. The van der Waals surface area contributed by atoms with Gasteiger partial charge in [0.15, 0.2) is 11.0 Å². The Hall–Kier alpha value is -3.06. The number of para-hydroxylation sites is 1. The Balaban J connectivity index is 1.63. The molecule has 150 valence electrons. The first kappa shape index (κ1) is 20.7. The third-order valence-electron chi connectivity index (χ3n) is 4.06. The van der Waals surface area contributed by atoms with Gasteiger partial charge in [-0.15, -0.1) is 16.8 Å². The largest absolute Gasteiger partial charge is 0.486 e. The highest BCUT2D eigenvalue weighted by molar-refractivity contribution is 7.99. The SMILES string of the molecule is C=CCn1c(COc2cc(C)cc(C)c2)nnc1SCC(=O)Nc1ccccc1. The summed E-state index contributed by atoms with van der Waals surface area (Å²) in [5.41, 5.74) is 3.06. The molecular weight excluding hydrogens is 384 g/mol. The molecule has 6 nitrogen and oxygen atoms in total. The van der Waals surface area contributed by atoms with Crippen molar-refractivity contribution in [3.8, 4) is 5.75 Å². The van der Waals surface area contributed by atoms with Gasteiger partial charge in [0.1, 0.15) is 12.4 Å². The average Bonchev–Trinajstić information content (AvgIpc) is 3.07. The number of carbonyl (C=O) groups is 1. The van der Waals surface area contributed by atoms with Crippen LogP contribution in [0.4, 0.5) is 5.69 Å². The maximum absolute atomic E-state index is 12.2. The van der Waals surface area contributed by atoms with Crippen LogP contribution in [-0.4, -0.2) is 26.4 Å². The average molecular weight is 409 g/mol. The Morgan fingerprint density at radius 1 is 1.17 bits per heavy atom. The van der Waals surface area contributed by atoms with E-state index in [1.54, 1.807) is 6.08 Å². The van der Waals surface area contributed by atoms with Crippen molar-refractivity contribution in [3.05, 3.63) is 78.1 Å². The van der Waals surface area contributed by atoms with Gasteiger partial charge in [-0.05, 0) is 49.2 Å². The van der Waals surface area contributed by atoms with Crippen molar-refractivity contribution < 1.29 is 9.53 Å². The van der Waals surface area contributed by atoms with Gasteiger partial charge in [-0.1, -0.05) is 42.1 Å². The molecular formula is C22H24N4O2S. The van der Waals surface area contributed by atoms with E-state index in [4.69, 9.17) is 4.74 Å². The van der Waals surface area contributed by atoms with Gasteiger partial charge in [0.05, 0.1) is 5.75 Å². The van der Waals surface area contributed by atoms with Crippen molar-refractivity contribution in [2.75, 3.05) is 11.1 Å². The predicted octanol–water partition coefficient (Wildman–Crippen LogP) is 4.39. The molecule has 1 aromatic heterocycles. The lowest BCUT2D eigenvalue weighted by Crippen LogP contribution is -2.14. The topological polar surface area (TPSA) is 69.0 Å². The molecule has 1 N–H and O–H groups in total. The Kier molecular flexibility index (Phi) is 7.08. The number of carbonyl (C=O) groups excluding carboxylic acids is 1. The molecule has 1 heterocycles. The van der Waals surface area contributed by atoms with Gasteiger partial charge in [0, 0.05) is 12.2 Å². The summed E-state index contributed by atoms with van der Waals surface area (Å²) >= 11 is 1.34. The first-order chi connectivity index (χ1) is 14.0. The minimum absolute atomic E-state index is 0.0950. The molecule has 29 heavy (non-hydrogen) atoms. The van der Waals surface area contributed by atoms with Crippen molar-refractivity contribution in [3.63, 3.8) is 0 Å². The molecule has 0 aliphatic heterocycles. The lowest BCUT2D eigenvalue weighted by atomic mass is 10.1. The van der Waals surface area contributed by atoms with E-state index in [1.165, 1.54) is 11.8 Å². The number of thioether (sulfide) groups is 1. The molecule has 0 unspecified atom stereocenters. The van der Waals surface area contributed by atoms with E-state index < -0.39 is 0 Å². The van der Waals surface area contributed by atoms with Crippen LogP contribution in [0.2, 0.25) is 0 Å². The number of aromatic nitrogens is 3. The first-order valence-electron chi connectivity index (χ1n) is 9.27. The number of anilines is 1. The van der Waals surface area contributed by atoms with E-state index in [0.717, 1.165) is 22.6 Å². The van der Waals surface area contributed by atoms with Crippen molar-refractivity contribution in [2.24, 2.45) is 0 Å². The number of amides is 1. The van der Waals surface area contributed by atoms with E-state index in [2.05, 4.69) is 28.2 Å². The summed E-state index contributed by atoms with van der Waals surface area (Å²) in [6, 6.07) is 15.5. The van der Waals surface area contributed by atoms with Crippen LogP contribution in [0.5, 0.6) is 5.75 Å². The van der Waals surface area contributed by atoms with Crippen LogP contribution in [0.3, 0.4) is 0 Å². The second kappa shape index (κ2) is 9.93. The normalized spacial score (nSPS) is 10.6. The predicted molar refractivity (Wildman–Crippen MR) is 116 cm³/mol. The van der Waals surface area contributed by atoms with Crippen LogP contribution in [0.25, 0.3) is 0 Å². The summed E-state index contributed by atoms with van der Waals surface area (Å²) in [5, 5.41) is 12.0. The van der Waals surface area contributed by atoms with E-state index in [0.29, 0.717) is 24.1 Å². The molecule has 0 fully saturated rings. The van der Waals surface area contributed by atoms with Crippen LogP contribution in [0.1, 0.15) is 17.0 Å². The molecule has 0 aliphatic carbocycles. The van der Waals surface area contributed by atoms with Crippen LogP contribution >= 0.6 is 11.8 Å². The quantitative estimate of drug-likeness (QED) is 0.420. The molecule has 2 aromatic carbocycles. The highest BCUT2D eigenvalue weighted by Gasteiger charge is 2.14. The number of ether oxygens (including phenoxy) is 1. The molecule has 3 aromatic rings. The third-order valence-corrected chi connectivity index (χ3v) is 5.02. The smallest absolute Gasteiger partial charge is 0.234 e. The maximum atomic E-state index is 12.2. The third kappa shape index (κ3) is 5.96. The van der Waals surface area contributed by atoms with Crippen LogP contribution < -0.4 is 10.1 Å². The fourth-order valence-electron chi connectivity index (χ4n) is 2.86. The minimum Gasteiger partial charge on any atom is -0.486 e. The van der Waals surface area contributed by atoms with Crippen molar-refractivity contribution in [2.45, 2.75) is 32.2 Å². The van der Waals surface area contributed by atoms with Gasteiger partial charge in [-0.3, -0.25) is 9.36 Å². The molecule has 7 heteroatoms. The van der Waals surface area contributed by atoms with Gasteiger partial charge < -0.3 is 10.1 Å². The first-order valence-corrected chi connectivity index (χ1v) is 10.3. The van der Waals surface area contributed by atoms with Crippen molar-refractivity contribution >= 4 is 23.4 Å². The second-order valence-corrected chi connectivity index (χ2v) is 7.56. The summed E-state index contributed by atoms with van der Waals surface area (Å²) in [7, 11) is 0. The number of nitrogens with zero attached hydrogens (tertiary/aromatic N) is 3. The fraction of sp³-hybridized carbons (Fsp3) is 0.227. The summed E-state index contributed by atoms with van der Waals surface area (Å²) in [4.78, 5) is 12.2. The van der Waals surface area contributed by atoms with E-state index >= 15 is 0 Å². The summed E-state index contributed by atoms with van der Waals surface area (Å²) < 4.78 is 7.83. The zero-order chi connectivity index (χ0) is 20.6. The number of hydrogen-bond donors (Lipinski definition) is 1. The van der Waals surface area contributed by atoms with Crippen molar-refractivity contribution in [1.29, 1.82) is 0 Å². The number of benzene rings is 2. The van der Waals surface area contributed by atoms with Crippen molar-refractivity contribution in [1.82, 2.24) is 14.8 Å². The number of aryl methyl sites for hydroxylation is 2. The van der Waals surface area contributed by atoms with Crippen LogP contribution in [0.15, 0.2) is 66.3 Å².